The number of hydrogen-bond acceptors (Lipinski definition) is 4. The Morgan fingerprint density at radius 1 is 1.47 bits per heavy atom. The van der Waals surface area contributed by atoms with Gasteiger partial charge in [-0.2, -0.15) is 4.98 Å². The summed E-state index contributed by atoms with van der Waals surface area (Å²) in [5, 5.41) is 0. The average Bonchev–Trinajstić information content (AvgIpc) is 2.32. The monoisotopic (exact) mass is 251 g/mol. The van der Waals surface area contributed by atoms with Gasteiger partial charge in [-0.15, -0.1) is 0 Å². The fraction of sp³-hybridized carbons (Fsp3) is 0.583. The van der Waals surface area contributed by atoms with Gasteiger partial charge >= 0.3 is 6.01 Å². The van der Waals surface area contributed by atoms with E-state index < -0.39 is 0 Å². The molecule has 1 aromatic heterocycles. The van der Waals surface area contributed by atoms with Crippen molar-refractivity contribution in [3.8, 4) is 6.01 Å². The molecule has 0 aliphatic heterocycles. The lowest BCUT2D eigenvalue weighted by molar-refractivity contribution is 0.0922. The maximum atomic E-state index is 5.82. The number of nitrogens with two attached hydrogens (primary N) is 1. The molecule has 0 aromatic carbocycles. The van der Waals surface area contributed by atoms with Crippen LogP contribution < -0.4 is 10.5 Å². The van der Waals surface area contributed by atoms with Gasteiger partial charge in [0.2, 0.25) is 0 Å². The van der Waals surface area contributed by atoms with Gasteiger partial charge in [0.1, 0.15) is 16.8 Å². The molecule has 0 saturated heterocycles. The van der Waals surface area contributed by atoms with E-state index in [1.165, 1.54) is 19.3 Å². The summed E-state index contributed by atoms with van der Waals surface area (Å²) in [6.07, 6.45) is 6.62. The van der Waals surface area contributed by atoms with Crippen molar-refractivity contribution in [2.24, 2.45) is 11.7 Å². The van der Waals surface area contributed by atoms with Crippen LogP contribution in [-0.2, 0) is 0 Å². The number of rotatable bonds is 3. The molecule has 2 N–H and O–H groups in total. The Bertz CT molecular complexity index is 410. The highest BCUT2D eigenvalue weighted by Gasteiger charge is 2.23. The van der Waals surface area contributed by atoms with Gasteiger partial charge in [-0.1, -0.05) is 25.6 Å². The smallest absolute Gasteiger partial charge is 0.317 e. The van der Waals surface area contributed by atoms with Gasteiger partial charge in [-0.3, -0.25) is 0 Å². The predicted octanol–water partition coefficient (Wildman–Crippen LogP) is 2.07. The molecule has 1 fully saturated rings. The van der Waals surface area contributed by atoms with Gasteiger partial charge in [0, 0.05) is 6.20 Å². The quantitative estimate of drug-likeness (QED) is 0.833. The number of thiocarbonyl (C=S) groups is 1. The highest BCUT2D eigenvalue weighted by atomic mass is 32.1. The molecule has 2 unspecified atom stereocenters. The van der Waals surface area contributed by atoms with Crippen molar-refractivity contribution in [2.45, 2.75) is 38.7 Å². The molecular weight excluding hydrogens is 234 g/mol. The molecule has 0 amide bonds. The van der Waals surface area contributed by atoms with E-state index in [0.29, 0.717) is 17.6 Å². The Kier molecular flexibility index (Phi) is 3.89. The van der Waals surface area contributed by atoms with E-state index in [9.17, 15) is 0 Å². The molecule has 1 aliphatic carbocycles. The number of hydrogen-bond donors (Lipinski definition) is 1. The van der Waals surface area contributed by atoms with E-state index in [-0.39, 0.29) is 11.1 Å². The van der Waals surface area contributed by atoms with Crippen molar-refractivity contribution in [3.63, 3.8) is 0 Å². The second kappa shape index (κ2) is 5.40. The maximum absolute atomic E-state index is 5.82. The molecule has 0 bridgehead atoms. The third-order valence-electron chi connectivity index (χ3n) is 3.18. The van der Waals surface area contributed by atoms with E-state index in [1.54, 1.807) is 12.3 Å². The van der Waals surface area contributed by atoms with Crippen LogP contribution in [0.2, 0.25) is 0 Å². The van der Waals surface area contributed by atoms with Crippen LogP contribution in [-0.4, -0.2) is 21.1 Å². The van der Waals surface area contributed by atoms with Gasteiger partial charge in [0.05, 0.1) is 0 Å². The van der Waals surface area contributed by atoms with Gasteiger partial charge in [0.25, 0.3) is 0 Å². The second-order valence-electron chi connectivity index (χ2n) is 4.51. The van der Waals surface area contributed by atoms with Crippen LogP contribution in [0.3, 0.4) is 0 Å². The normalized spacial score (nSPS) is 24.3. The van der Waals surface area contributed by atoms with Crippen molar-refractivity contribution >= 4 is 17.2 Å². The second-order valence-corrected chi connectivity index (χ2v) is 4.95. The molecule has 1 aromatic rings. The number of aromatic nitrogens is 2. The fourth-order valence-electron chi connectivity index (χ4n) is 2.13. The van der Waals surface area contributed by atoms with Crippen molar-refractivity contribution in [1.29, 1.82) is 0 Å². The highest BCUT2D eigenvalue weighted by molar-refractivity contribution is 7.80. The Balaban J connectivity index is 2.07. The van der Waals surface area contributed by atoms with Crippen LogP contribution in [0.5, 0.6) is 6.01 Å². The summed E-state index contributed by atoms with van der Waals surface area (Å²) in [4.78, 5) is 8.58. The Morgan fingerprint density at radius 2 is 2.24 bits per heavy atom. The Labute approximate surface area is 107 Å². The predicted molar refractivity (Wildman–Crippen MR) is 70.0 cm³/mol. The molecule has 4 nitrogen and oxygen atoms in total. The molecule has 2 rings (SSSR count). The van der Waals surface area contributed by atoms with Gasteiger partial charge in [0.15, 0.2) is 0 Å². The van der Waals surface area contributed by atoms with E-state index >= 15 is 0 Å². The zero-order valence-corrected chi connectivity index (χ0v) is 10.7. The molecule has 5 heteroatoms. The van der Waals surface area contributed by atoms with E-state index in [2.05, 4.69) is 16.9 Å². The first-order valence-electron chi connectivity index (χ1n) is 5.96. The molecule has 0 spiro atoms. The third kappa shape index (κ3) is 3.12. The van der Waals surface area contributed by atoms with Crippen LogP contribution in [0.15, 0.2) is 12.3 Å². The van der Waals surface area contributed by atoms with Crippen molar-refractivity contribution in [3.05, 3.63) is 18.0 Å². The minimum atomic E-state index is 0.213. The fourth-order valence-corrected chi connectivity index (χ4v) is 2.24. The molecule has 17 heavy (non-hydrogen) atoms. The zero-order chi connectivity index (χ0) is 12.3. The lowest BCUT2D eigenvalue weighted by Gasteiger charge is -2.28. The summed E-state index contributed by atoms with van der Waals surface area (Å²) in [6.45, 7) is 2.21. The summed E-state index contributed by atoms with van der Waals surface area (Å²) >= 11 is 4.88. The molecule has 1 heterocycles. The minimum Gasteiger partial charge on any atom is -0.460 e. The first-order chi connectivity index (χ1) is 8.16. The van der Waals surface area contributed by atoms with E-state index in [0.717, 1.165) is 6.42 Å². The highest BCUT2D eigenvalue weighted by Crippen LogP contribution is 2.26. The van der Waals surface area contributed by atoms with E-state index in [4.69, 9.17) is 22.7 Å². The first-order valence-corrected chi connectivity index (χ1v) is 6.37. The molecule has 92 valence electrons. The maximum Gasteiger partial charge on any atom is 0.317 e. The van der Waals surface area contributed by atoms with Crippen LogP contribution in [0.1, 0.15) is 38.3 Å². The Morgan fingerprint density at radius 3 is 2.94 bits per heavy atom. The van der Waals surface area contributed by atoms with Crippen LogP contribution >= 0.6 is 12.2 Å². The van der Waals surface area contributed by atoms with Crippen LogP contribution in [0, 0.1) is 5.92 Å². The topological polar surface area (TPSA) is 61.0 Å². The van der Waals surface area contributed by atoms with Crippen molar-refractivity contribution in [2.75, 3.05) is 0 Å². The summed E-state index contributed by atoms with van der Waals surface area (Å²) in [5.74, 6) is 0.556. The van der Waals surface area contributed by atoms with Crippen molar-refractivity contribution in [1.82, 2.24) is 9.97 Å². The standard InChI is InChI=1S/C12H17N3OS/c1-8-4-2-3-5-10(8)16-12-14-7-6-9(15-12)11(13)17/h6-8,10H,2-5H2,1H3,(H2,13,17). The first kappa shape index (κ1) is 12.2. The third-order valence-corrected chi connectivity index (χ3v) is 3.38. The minimum absolute atomic E-state index is 0.213. The molecule has 2 atom stereocenters. The van der Waals surface area contributed by atoms with Gasteiger partial charge in [-0.25, -0.2) is 4.98 Å². The van der Waals surface area contributed by atoms with Crippen LogP contribution in [0.4, 0.5) is 0 Å². The van der Waals surface area contributed by atoms with Crippen molar-refractivity contribution < 1.29 is 4.74 Å². The summed E-state index contributed by atoms with van der Waals surface area (Å²) < 4.78 is 5.82. The molecule has 1 saturated carbocycles. The lowest BCUT2D eigenvalue weighted by atomic mass is 9.88. The molecule has 0 radical (unpaired) electrons. The summed E-state index contributed by atoms with van der Waals surface area (Å²) in [6, 6.07) is 2.08. The van der Waals surface area contributed by atoms with E-state index in [1.807, 2.05) is 0 Å². The number of ether oxygens (including phenoxy) is 1. The van der Waals surface area contributed by atoms with Gasteiger partial charge in [-0.05, 0) is 31.2 Å². The SMILES string of the molecule is CC1CCCCC1Oc1nccc(C(N)=S)n1. The summed E-state index contributed by atoms with van der Waals surface area (Å²) in [5.41, 5.74) is 6.09. The van der Waals surface area contributed by atoms with Crippen LogP contribution in [0.25, 0.3) is 0 Å². The largest absolute Gasteiger partial charge is 0.460 e. The molecular formula is C12H17N3OS. The zero-order valence-electron chi connectivity index (χ0n) is 9.93. The Hall–Kier alpha value is -1.23. The molecule has 1 aliphatic rings. The van der Waals surface area contributed by atoms with Gasteiger partial charge < -0.3 is 10.5 Å². The lowest BCUT2D eigenvalue weighted by Crippen LogP contribution is -2.29. The summed E-state index contributed by atoms with van der Waals surface area (Å²) in [7, 11) is 0. The number of nitrogens with zero attached hydrogens (tertiary/aromatic N) is 2. The average molecular weight is 251 g/mol.